The standard InChI is InChI=1S/C21H28N2O3S/c1-4-5-8-15-22-21(24)16-23(20-10-7-6-9-18(20)3)27(25,26)19-13-11-17(2)12-14-19/h6-7,9-14H,4-5,8,15-16H2,1-3H3,(H,22,24). The molecule has 0 unspecified atom stereocenters. The Bertz CT molecular complexity index is 861. The Balaban J connectivity index is 2.31. The zero-order valence-corrected chi connectivity index (χ0v) is 17.1. The van der Waals surface area contributed by atoms with Crippen LogP contribution < -0.4 is 9.62 Å². The fourth-order valence-electron chi connectivity index (χ4n) is 2.77. The number of anilines is 1. The summed E-state index contributed by atoms with van der Waals surface area (Å²) in [6.45, 7) is 6.15. The lowest BCUT2D eigenvalue weighted by Crippen LogP contribution is -2.41. The normalized spacial score (nSPS) is 11.2. The van der Waals surface area contributed by atoms with Gasteiger partial charge in [-0.1, -0.05) is 55.7 Å². The van der Waals surface area contributed by atoms with Gasteiger partial charge in [-0.05, 0) is 44.0 Å². The van der Waals surface area contributed by atoms with Crippen molar-refractivity contribution in [2.24, 2.45) is 0 Å². The van der Waals surface area contributed by atoms with Crippen molar-refractivity contribution in [3.05, 3.63) is 59.7 Å². The molecule has 27 heavy (non-hydrogen) atoms. The number of sulfonamides is 1. The smallest absolute Gasteiger partial charge is 0.264 e. The second-order valence-corrected chi connectivity index (χ2v) is 8.53. The van der Waals surface area contributed by atoms with Crippen LogP contribution in [0, 0.1) is 13.8 Å². The first kappa shape index (κ1) is 21.0. The molecule has 0 aliphatic rings. The number of para-hydroxylation sites is 1. The average Bonchev–Trinajstić information content (AvgIpc) is 2.64. The van der Waals surface area contributed by atoms with Crippen LogP contribution in [0.5, 0.6) is 0 Å². The lowest BCUT2D eigenvalue weighted by molar-refractivity contribution is -0.119. The van der Waals surface area contributed by atoms with Crippen molar-refractivity contribution >= 4 is 21.6 Å². The van der Waals surface area contributed by atoms with E-state index >= 15 is 0 Å². The number of hydrogen-bond donors (Lipinski definition) is 1. The van der Waals surface area contributed by atoms with Crippen molar-refractivity contribution in [2.45, 2.75) is 44.9 Å². The number of unbranched alkanes of at least 4 members (excludes halogenated alkanes) is 2. The molecule has 2 rings (SSSR count). The van der Waals surface area contributed by atoms with E-state index in [0.29, 0.717) is 12.2 Å². The Morgan fingerprint density at radius 2 is 1.67 bits per heavy atom. The minimum absolute atomic E-state index is 0.176. The summed E-state index contributed by atoms with van der Waals surface area (Å²) < 4.78 is 27.7. The lowest BCUT2D eigenvalue weighted by atomic mass is 10.2. The van der Waals surface area contributed by atoms with Crippen molar-refractivity contribution in [3.63, 3.8) is 0 Å². The molecule has 0 bridgehead atoms. The van der Waals surface area contributed by atoms with Crippen molar-refractivity contribution < 1.29 is 13.2 Å². The summed E-state index contributed by atoms with van der Waals surface area (Å²) in [5.74, 6) is -0.301. The molecule has 0 saturated carbocycles. The summed E-state index contributed by atoms with van der Waals surface area (Å²) in [5, 5.41) is 2.82. The molecule has 5 nitrogen and oxygen atoms in total. The number of aryl methyl sites for hydroxylation is 2. The molecule has 0 heterocycles. The summed E-state index contributed by atoms with van der Waals surface area (Å²) in [4.78, 5) is 12.6. The van der Waals surface area contributed by atoms with Gasteiger partial charge in [-0.25, -0.2) is 8.42 Å². The highest BCUT2D eigenvalue weighted by molar-refractivity contribution is 7.92. The number of nitrogens with one attached hydrogen (secondary N) is 1. The number of rotatable bonds is 9. The molecule has 1 amide bonds. The zero-order chi connectivity index (χ0) is 19.9. The van der Waals surface area contributed by atoms with Gasteiger partial charge in [0.25, 0.3) is 10.0 Å². The minimum Gasteiger partial charge on any atom is -0.355 e. The predicted octanol–water partition coefficient (Wildman–Crippen LogP) is 3.81. The molecule has 0 fully saturated rings. The maximum atomic E-state index is 13.3. The Kier molecular flexibility index (Phi) is 7.42. The molecule has 2 aromatic carbocycles. The highest BCUT2D eigenvalue weighted by Crippen LogP contribution is 2.26. The van der Waals surface area contributed by atoms with E-state index in [1.165, 1.54) is 4.31 Å². The first-order valence-electron chi connectivity index (χ1n) is 9.28. The molecule has 0 aliphatic carbocycles. The molecule has 146 valence electrons. The highest BCUT2D eigenvalue weighted by atomic mass is 32.2. The van der Waals surface area contributed by atoms with Gasteiger partial charge >= 0.3 is 0 Å². The van der Waals surface area contributed by atoms with Gasteiger partial charge < -0.3 is 5.32 Å². The zero-order valence-electron chi connectivity index (χ0n) is 16.2. The van der Waals surface area contributed by atoms with Gasteiger partial charge in [-0.15, -0.1) is 0 Å². The van der Waals surface area contributed by atoms with Crippen LogP contribution in [-0.4, -0.2) is 27.4 Å². The fraction of sp³-hybridized carbons (Fsp3) is 0.381. The average molecular weight is 389 g/mol. The van der Waals surface area contributed by atoms with Crippen LogP contribution in [0.25, 0.3) is 0 Å². The van der Waals surface area contributed by atoms with Gasteiger partial charge in [0.1, 0.15) is 6.54 Å². The largest absolute Gasteiger partial charge is 0.355 e. The van der Waals surface area contributed by atoms with Crippen LogP contribution in [0.2, 0.25) is 0 Å². The van der Waals surface area contributed by atoms with Crippen LogP contribution in [-0.2, 0) is 14.8 Å². The molecule has 0 aliphatic heterocycles. The molecule has 0 saturated heterocycles. The second-order valence-electron chi connectivity index (χ2n) is 6.67. The van der Waals surface area contributed by atoms with E-state index in [1.54, 1.807) is 36.4 Å². The van der Waals surface area contributed by atoms with E-state index in [9.17, 15) is 13.2 Å². The summed E-state index contributed by atoms with van der Waals surface area (Å²) in [6.07, 6.45) is 2.98. The number of nitrogens with zero attached hydrogens (tertiary/aromatic N) is 1. The highest BCUT2D eigenvalue weighted by Gasteiger charge is 2.28. The molecule has 0 spiro atoms. The molecule has 6 heteroatoms. The molecule has 2 aromatic rings. The number of carbonyl (C=O) groups excluding carboxylic acids is 1. The SMILES string of the molecule is CCCCCNC(=O)CN(c1ccccc1C)S(=O)(=O)c1ccc(C)cc1. The van der Waals surface area contributed by atoms with E-state index in [1.807, 2.05) is 26.0 Å². The third-order valence-corrected chi connectivity index (χ3v) is 6.16. The number of hydrogen-bond acceptors (Lipinski definition) is 3. The Hall–Kier alpha value is -2.34. The van der Waals surface area contributed by atoms with Crippen LogP contribution in [0.1, 0.15) is 37.3 Å². The predicted molar refractivity (Wildman–Crippen MR) is 109 cm³/mol. The summed E-state index contributed by atoms with van der Waals surface area (Å²) in [5.41, 5.74) is 2.29. The molecular weight excluding hydrogens is 360 g/mol. The molecule has 0 aromatic heterocycles. The van der Waals surface area contributed by atoms with E-state index in [-0.39, 0.29) is 17.3 Å². The fourth-order valence-corrected chi connectivity index (χ4v) is 4.26. The minimum atomic E-state index is -3.85. The molecule has 0 radical (unpaired) electrons. The number of amides is 1. The van der Waals surface area contributed by atoms with Gasteiger partial charge in [0, 0.05) is 6.54 Å². The van der Waals surface area contributed by atoms with Gasteiger partial charge in [0.2, 0.25) is 5.91 Å². The van der Waals surface area contributed by atoms with Crippen molar-refractivity contribution in [3.8, 4) is 0 Å². The van der Waals surface area contributed by atoms with Crippen molar-refractivity contribution in [1.82, 2.24) is 5.32 Å². The number of benzene rings is 2. The maximum Gasteiger partial charge on any atom is 0.264 e. The molecule has 0 atom stereocenters. The second kappa shape index (κ2) is 9.55. The van der Waals surface area contributed by atoms with Crippen molar-refractivity contribution in [2.75, 3.05) is 17.4 Å². The van der Waals surface area contributed by atoms with Gasteiger partial charge in [0.05, 0.1) is 10.6 Å². The number of carbonyl (C=O) groups is 1. The van der Waals surface area contributed by atoms with E-state index in [4.69, 9.17) is 0 Å². The Labute approximate surface area is 162 Å². The molecule has 1 N–H and O–H groups in total. The third-order valence-electron chi connectivity index (χ3n) is 4.38. The van der Waals surface area contributed by atoms with Crippen LogP contribution in [0.4, 0.5) is 5.69 Å². The quantitative estimate of drug-likeness (QED) is 0.665. The lowest BCUT2D eigenvalue weighted by Gasteiger charge is -2.25. The monoisotopic (exact) mass is 388 g/mol. The van der Waals surface area contributed by atoms with E-state index in [0.717, 1.165) is 30.4 Å². The van der Waals surface area contributed by atoms with Crippen LogP contribution in [0.15, 0.2) is 53.4 Å². The Morgan fingerprint density at radius 1 is 1.00 bits per heavy atom. The maximum absolute atomic E-state index is 13.3. The van der Waals surface area contributed by atoms with E-state index in [2.05, 4.69) is 12.2 Å². The van der Waals surface area contributed by atoms with Crippen LogP contribution in [0.3, 0.4) is 0 Å². The third kappa shape index (κ3) is 5.57. The molecular formula is C21H28N2O3S. The summed E-state index contributed by atoms with van der Waals surface area (Å²) in [7, 11) is -3.85. The van der Waals surface area contributed by atoms with Gasteiger partial charge in [0.15, 0.2) is 0 Å². The summed E-state index contributed by atoms with van der Waals surface area (Å²) in [6, 6.07) is 13.9. The van der Waals surface area contributed by atoms with Gasteiger partial charge in [-0.2, -0.15) is 0 Å². The Morgan fingerprint density at radius 3 is 2.30 bits per heavy atom. The first-order valence-corrected chi connectivity index (χ1v) is 10.7. The summed E-state index contributed by atoms with van der Waals surface area (Å²) >= 11 is 0. The van der Waals surface area contributed by atoms with Crippen LogP contribution >= 0.6 is 0 Å². The van der Waals surface area contributed by atoms with Crippen molar-refractivity contribution in [1.29, 1.82) is 0 Å². The van der Waals surface area contributed by atoms with E-state index < -0.39 is 10.0 Å². The first-order chi connectivity index (χ1) is 12.9. The van der Waals surface area contributed by atoms with Gasteiger partial charge in [-0.3, -0.25) is 9.10 Å². The topological polar surface area (TPSA) is 66.5 Å².